The molecule has 0 saturated heterocycles. The standard InChI is InChI=1S/C23H18ClN5O/c24-22-18(17-8-4-5-13-28-17)20(25)19(23(26)27)21(29-22)14-9-11-16(12-10-14)30-15-6-2-1-3-7-15/h1-13H,(H2,25,29)(H3,26,27). The predicted molar refractivity (Wildman–Crippen MR) is 120 cm³/mol. The van der Waals surface area contributed by atoms with Crippen molar-refractivity contribution in [3.63, 3.8) is 0 Å². The molecule has 5 N–H and O–H groups in total. The quantitative estimate of drug-likeness (QED) is 0.238. The minimum Gasteiger partial charge on any atom is -0.457 e. The molecule has 7 heteroatoms. The van der Waals surface area contributed by atoms with Crippen LogP contribution in [0.15, 0.2) is 79.0 Å². The molecular weight excluding hydrogens is 398 g/mol. The number of para-hydroxylation sites is 1. The van der Waals surface area contributed by atoms with Crippen LogP contribution in [0.5, 0.6) is 11.5 Å². The average molecular weight is 416 g/mol. The number of aromatic nitrogens is 2. The second kappa shape index (κ2) is 8.23. The highest BCUT2D eigenvalue weighted by Crippen LogP contribution is 2.38. The Bertz CT molecular complexity index is 1200. The predicted octanol–water partition coefficient (Wildman–Crippen LogP) is 5.12. The molecule has 0 unspecified atom stereocenters. The number of nitrogen functional groups attached to an aromatic ring is 2. The molecule has 2 aromatic carbocycles. The van der Waals surface area contributed by atoms with Crippen LogP contribution in [-0.2, 0) is 0 Å². The van der Waals surface area contributed by atoms with E-state index in [0.29, 0.717) is 33.8 Å². The molecule has 0 spiro atoms. The minimum absolute atomic E-state index is 0.191. The summed E-state index contributed by atoms with van der Waals surface area (Å²) in [5.41, 5.74) is 15.0. The Hall–Kier alpha value is -3.90. The van der Waals surface area contributed by atoms with Gasteiger partial charge in [0.15, 0.2) is 0 Å². The van der Waals surface area contributed by atoms with Crippen molar-refractivity contribution in [2.24, 2.45) is 5.73 Å². The van der Waals surface area contributed by atoms with Gasteiger partial charge in [-0.25, -0.2) is 4.98 Å². The van der Waals surface area contributed by atoms with Crippen LogP contribution in [0.25, 0.3) is 22.5 Å². The molecule has 0 amide bonds. The molecule has 0 radical (unpaired) electrons. The summed E-state index contributed by atoms with van der Waals surface area (Å²) in [4.78, 5) is 8.79. The van der Waals surface area contributed by atoms with Gasteiger partial charge in [0.1, 0.15) is 22.5 Å². The Balaban J connectivity index is 1.76. The molecule has 0 bridgehead atoms. The normalized spacial score (nSPS) is 10.6. The summed E-state index contributed by atoms with van der Waals surface area (Å²) >= 11 is 6.47. The number of halogens is 1. The number of nitrogens with two attached hydrogens (primary N) is 2. The summed E-state index contributed by atoms with van der Waals surface area (Å²) in [6, 6.07) is 22.1. The maximum absolute atomic E-state index is 8.06. The van der Waals surface area contributed by atoms with E-state index < -0.39 is 0 Å². The van der Waals surface area contributed by atoms with Gasteiger partial charge in [-0.3, -0.25) is 10.4 Å². The van der Waals surface area contributed by atoms with E-state index in [9.17, 15) is 0 Å². The van der Waals surface area contributed by atoms with E-state index in [2.05, 4.69) is 9.97 Å². The summed E-state index contributed by atoms with van der Waals surface area (Å²) in [6.45, 7) is 0. The van der Waals surface area contributed by atoms with Crippen molar-refractivity contribution >= 4 is 23.1 Å². The Morgan fingerprint density at radius 1 is 0.900 bits per heavy atom. The van der Waals surface area contributed by atoms with Gasteiger partial charge in [0.25, 0.3) is 0 Å². The van der Waals surface area contributed by atoms with E-state index in [0.717, 1.165) is 5.75 Å². The molecule has 4 rings (SSSR count). The van der Waals surface area contributed by atoms with Crippen molar-refractivity contribution in [2.45, 2.75) is 0 Å². The topological polar surface area (TPSA) is 111 Å². The van der Waals surface area contributed by atoms with Crippen molar-refractivity contribution < 1.29 is 4.74 Å². The number of nitrogens with one attached hydrogen (secondary N) is 1. The highest BCUT2D eigenvalue weighted by atomic mass is 35.5. The summed E-state index contributed by atoms with van der Waals surface area (Å²) in [5, 5.41) is 8.25. The number of rotatable bonds is 5. The van der Waals surface area contributed by atoms with Crippen LogP contribution in [0.1, 0.15) is 5.56 Å². The van der Waals surface area contributed by atoms with Crippen molar-refractivity contribution in [2.75, 3.05) is 5.73 Å². The van der Waals surface area contributed by atoms with Crippen molar-refractivity contribution in [1.82, 2.24) is 9.97 Å². The molecule has 2 heterocycles. The fourth-order valence-electron chi connectivity index (χ4n) is 3.11. The lowest BCUT2D eigenvalue weighted by molar-refractivity contribution is 0.483. The van der Waals surface area contributed by atoms with Crippen molar-refractivity contribution in [3.05, 3.63) is 89.7 Å². The second-order valence-corrected chi connectivity index (χ2v) is 6.84. The second-order valence-electron chi connectivity index (χ2n) is 6.48. The van der Waals surface area contributed by atoms with E-state index in [1.54, 1.807) is 18.3 Å². The third-order valence-electron chi connectivity index (χ3n) is 4.49. The number of hydrogen-bond donors (Lipinski definition) is 3. The summed E-state index contributed by atoms with van der Waals surface area (Å²) in [5.74, 6) is 1.20. The largest absolute Gasteiger partial charge is 0.457 e. The summed E-state index contributed by atoms with van der Waals surface area (Å²) < 4.78 is 5.82. The molecule has 148 valence electrons. The number of nitrogens with zero attached hydrogens (tertiary/aromatic N) is 2. The Morgan fingerprint density at radius 3 is 2.20 bits per heavy atom. The SMILES string of the molecule is N=C(N)c1c(-c2ccc(Oc3ccccc3)cc2)nc(Cl)c(-c2ccccn2)c1N. The fraction of sp³-hybridized carbons (Fsp3) is 0. The van der Waals surface area contributed by atoms with E-state index in [1.165, 1.54) is 0 Å². The molecule has 0 atom stereocenters. The van der Waals surface area contributed by atoms with Crippen LogP contribution in [0, 0.1) is 5.41 Å². The highest BCUT2D eigenvalue weighted by Gasteiger charge is 2.21. The molecule has 0 fully saturated rings. The zero-order valence-corrected chi connectivity index (χ0v) is 16.6. The average Bonchev–Trinajstić information content (AvgIpc) is 2.75. The lowest BCUT2D eigenvalue weighted by Crippen LogP contribution is -2.17. The van der Waals surface area contributed by atoms with Crippen LogP contribution in [0.2, 0.25) is 5.15 Å². The maximum atomic E-state index is 8.06. The molecule has 0 aliphatic rings. The van der Waals surface area contributed by atoms with Crippen LogP contribution < -0.4 is 16.2 Å². The molecule has 2 aromatic heterocycles. The van der Waals surface area contributed by atoms with E-state index >= 15 is 0 Å². The first-order chi connectivity index (χ1) is 14.5. The van der Waals surface area contributed by atoms with Gasteiger partial charge in [0.2, 0.25) is 0 Å². The zero-order valence-electron chi connectivity index (χ0n) is 15.8. The molecule has 0 aliphatic carbocycles. The Kier molecular flexibility index (Phi) is 5.32. The number of benzene rings is 2. The van der Waals surface area contributed by atoms with Crippen LogP contribution in [0.3, 0.4) is 0 Å². The Labute approximate surface area is 178 Å². The van der Waals surface area contributed by atoms with Gasteiger partial charge in [-0.1, -0.05) is 35.9 Å². The van der Waals surface area contributed by atoms with Crippen LogP contribution in [-0.4, -0.2) is 15.8 Å². The van der Waals surface area contributed by atoms with Gasteiger partial charge in [-0.05, 0) is 48.5 Å². The van der Waals surface area contributed by atoms with E-state index in [-0.39, 0.29) is 16.7 Å². The smallest absolute Gasteiger partial charge is 0.141 e. The van der Waals surface area contributed by atoms with E-state index in [4.69, 9.17) is 33.2 Å². The third-order valence-corrected chi connectivity index (χ3v) is 4.76. The third kappa shape index (κ3) is 3.81. The number of anilines is 1. The van der Waals surface area contributed by atoms with Gasteiger partial charge in [-0.15, -0.1) is 0 Å². The maximum Gasteiger partial charge on any atom is 0.141 e. The zero-order chi connectivity index (χ0) is 21.1. The first-order valence-corrected chi connectivity index (χ1v) is 9.50. The number of ether oxygens (including phenoxy) is 1. The molecular formula is C23H18ClN5O. The summed E-state index contributed by atoms with van der Waals surface area (Å²) in [7, 11) is 0. The number of hydrogen-bond acceptors (Lipinski definition) is 5. The van der Waals surface area contributed by atoms with Gasteiger partial charge < -0.3 is 16.2 Å². The molecule has 0 saturated carbocycles. The first-order valence-electron chi connectivity index (χ1n) is 9.12. The van der Waals surface area contributed by atoms with Gasteiger partial charge >= 0.3 is 0 Å². The van der Waals surface area contributed by atoms with Crippen molar-refractivity contribution in [1.29, 1.82) is 5.41 Å². The van der Waals surface area contributed by atoms with Crippen LogP contribution in [0.4, 0.5) is 5.69 Å². The monoisotopic (exact) mass is 415 g/mol. The molecule has 6 nitrogen and oxygen atoms in total. The molecule has 4 aromatic rings. The van der Waals surface area contributed by atoms with E-state index in [1.807, 2.05) is 60.7 Å². The number of pyridine rings is 2. The summed E-state index contributed by atoms with van der Waals surface area (Å²) in [6.07, 6.45) is 1.64. The lowest BCUT2D eigenvalue weighted by atomic mass is 9.99. The Morgan fingerprint density at radius 2 is 1.57 bits per heavy atom. The lowest BCUT2D eigenvalue weighted by Gasteiger charge is -2.16. The fourth-order valence-corrected chi connectivity index (χ4v) is 3.40. The molecule has 30 heavy (non-hydrogen) atoms. The van der Waals surface area contributed by atoms with Gasteiger partial charge in [0, 0.05) is 11.8 Å². The van der Waals surface area contributed by atoms with Crippen molar-refractivity contribution in [3.8, 4) is 34.0 Å². The number of amidine groups is 1. The minimum atomic E-state index is -0.201. The first kappa shape index (κ1) is 19.4. The van der Waals surface area contributed by atoms with Gasteiger partial charge in [-0.2, -0.15) is 0 Å². The molecule has 0 aliphatic heterocycles. The highest BCUT2D eigenvalue weighted by molar-refractivity contribution is 6.33. The van der Waals surface area contributed by atoms with Crippen LogP contribution >= 0.6 is 11.6 Å². The van der Waals surface area contributed by atoms with Gasteiger partial charge in [0.05, 0.1) is 28.2 Å².